The molecular weight excluding hydrogens is 174 g/mol. The van der Waals surface area contributed by atoms with Gasteiger partial charge in [0.1, 0.15) is 0 Å². The number of rotatable bonds is 3. The second-order valence-electron chi connectivity index (χ2n) is 2.67. The molecule has 0 amide bonds. The van der Waals surface area contributed by atoms with Crippen LogP contribution in [0.25, 0.3) is 0 Å². The highest BCUT2D eigenvalue weighted by molar-refractivity contribution is 5.69. The van der Waals surface area contributed by atoms with Crippen molar-refractivity contribution in [3.8, 4) is 0 Å². The van der Waals surface area contributed by atoms with Crippen molar-refractivity contribution < 1.29 is 14.1 Å². The summed E-state index contributed by atoms with van der Waals surface area (Å²) in [7, 11) is 1.31. The van der Waals surface area contributed by atoms with Crippen molar-refractivity contribution in [2.24, 2.45) is 0 Å². The molecule has 0 bridgehead atoms. The van der Waals surface area contributed by atoms with E-state index < -0.39 is 5.63 Å². The Labute approximate surface area is 74.7 Å². The number of H-pyrrole nitrogens is 1. The van der Waals surface area contributed by atoms with Gasteiger partial charge in [0.2, 0.25) is 0 Å². The summed E-state index contributed by atoms with van der Waals surface area (Å²) in [5, 5.41) is 2.44. The SMILES string of the molecule is COC(=O)CCc1c(C)[nH]oc1=O. The molecule has 13 heavy (non-hydrogen) atoms. The van der Waals surface area contributed by atoms with Crippen LogP contribution in [0.4, 0.5) is 0 Å². The maximum Gasteiger partial charge on any atom is 0.360 e. The minimum atomic E-state index is -0.415. The molecule has 0 aliphatic rings. The summed E-state index contributed by atoms with van der Waals surface area (Å²) in [6.07, 6.45) is 0.546. The molecule has 0 spiro atoms. The lowest BCUT2D eigenvalue weighted by atomic mass is 10.1. The lowest BCUT2D eigenvalue weighted by molar-refractivity contribution is -0.140. The fourth-order valence-electron chi connectivity index (χ4n) is 1.02. The summed E-state index contributed by atoms with van der Waals surface area (Å²) < 4.78 is 8.97. The minimum absolute atomic E-state index is 0.194. The summed E-state index contributed by atoms with van der Waals surface area (Å²) in [4.78, 5) is 21.8. The molecule has 5 nitrogen and oxygen atoms in total. The highest BCUT2D eigenvalue weighted by Crippen LogP contribution is 2.02. The number of nitrogens with one attached hydrogen (secondary N) is 1. The molecule has 0 radical (unpaired) electrons. The highest BCUT2D eigenvalue weighted by Gasteiger charge is 2.10. The van der Waals surface area contributed by atoms with E-state index in [0.29, 0.717) is 17.7 Å². The van der Waals surface area contributed by atoms with Crippen LogP contribution in [0.1, 0.15) is 17.7 Å². The molecule has 0 aliphatic carbocycles. The highest BCUT2D eigenvalue weighted by atomic mass is 16.5. The van der Waals surface area contributed by atoms with Gasteiger partial charge in [0, 0.05) is 6.42 Å². The number of hydrogen-bond acceptors (Lipinski definition) is 4. The Hall–Kier alpha value is -1.52. The van der Waals surface area contributed by atoms with Crippen LogP contribution in [0.3, 0.4) is 0 Å². The predicted octanol–water partition coefficient (Wildman–Crippen LogP) is 0.382. The fraction of sp³-hybridized carbons (Fsp3) is 0.500. The van der Waals surface area contributed by atoms with Crippen molar-refractivity contribution in [3.63, 3.8) is 0 Å². The smallest absolute Gasteiger partial charge is 0.360 e. The summed E-state index contributed by atoms with van der Waals surface area (Å²) in [5.41, 5.74) is 0.751. The largest absolute Gasteiger partial charge is 0.469 e. The van der Waals surface area contributed by atoms with Crippen LogP contribution < -0.4 is 5.63 Å². The Bertz CT molecular complexity index is 349. The molecule has 72 valence electrons. The molecule has 0 fully saturated rings. The molecule has 0 saturated carbocycles. The molecule has 0 unspecified atom stereocenters. The van der Waals surface area contributed by atoms with E-state index in [9.17, 15) is 9.59 Å². The zero-order valence-corrected chi connectivity index (χ0v) is 7.55. The zero-order valence-electron chi connectivity index (χ0n) is 7.55. The molecule has 1 rings (SSSR count). The second-order valence-corrected chi connectivity index (χ2v) is 2.67. The minimum Gasteiger partial charge on any atom is -0.469 e. The van der Waals surface area contributed by atoms with Gasteiger partial charge in [-0.25, -0.2) is 9.95 Å². The maximum atomic E-state index is 11.0. The van der Waals surface area contributed by atoms with Crippen LogP contribution >= 0.6 is 0 Å². The van der Waals surface area contributed by atoms with E-state index in [0.717, 1.165) is 0 Å². The molecule has 0 aromatic carbocycles. The van der Waals surface area contributed by atoms with Crippen molar-refractivity contribution in [2.75, 3.05) is 7.11 Å². The molecule has 5 heteroatoms. The number of methoxy groups -OCH3 is 1. The third-order valence-electron chi connectivity index (χ3n) is 1.80. The maximum absolute atomic E-state index is 11.0. The van der Waals surface area contributed by atoms with Crippen LogP contribution in [0.2, 0.25) is 0 Å². The Morgan fingerprint density at radius 2 is 2.31 bits per heavy atom. The number of aromatic nitrogens is 1. The van der Waals surface area contributed by atoms with E-state index in [1.807, 2.05) is 0 Å². The number of esters is 1. The summed E-state index contributed by atoms with van der Waals surface area (Å²) in [6, 6.07) is 0. The van der Waals surface area contributed by atoms with Gasteiger partial charge in [0.05, 0.1) is 18.4 Å². The molecule has 0 saturated heterocycles. The number of carbonyl (C=O) groups excluding carboxylic acids is 1. The molecule has 0 aliphatic heterocycles. The normalized spacial score (nSPS) is 10.0. The summed E-state index contributed by atoms with van der Waals surface area (Å²) in [6.45, 7) is 1.72. The Kier molecular flexibility index (Phi) is 2.89. The van der Waals surface area contributed by atoms with E-state index in [4.69, 9.17) is 0 Å². The first-order valence-corrected chi connectivity index (χ1v) is 3.89. The van der Waals surface area contributed by atoms with Gasteiger partial charge in [-0.1, -0.05) is 0 Å². The van der Waals surface area contributed by atoms with E-state index in [1.165, 1.54) is 7.11 Å². The number of aromatic amines is 1. The predicted molar refractivity (Wildman–Crippen MR) is 44.4 cm³/mol. The Balaban J connectivity index is 2.64. The molecule has 1 heterocycles. The molecule has 1 aromatic heterocycles. The van der Waals surface area contributed by atoms with Crippen molar-refractivity contribution in [3.05, 3.63) is 21.7 Å². The Morgan fingerprint density at radius 1 is 1.62 bits per heavy atom. The molecule has 1 N–H and O–H groups in total. The average Bonchev–Trinajstić information content (AvgIpc) is 2.43. The van der Waals surface area contributed by atoms with Gasteiger partial charge in [0.15, 0.2) is 0 Å². The number of aryl methyl sites for hydroxylation is 1. The molecular formula is C8H11NO4. The van der Waals surface area contributed by atoms with Crippen LogP contribution in [-0.2, 0) is 16.0 Å². The van der Waals surface area contributed by atoms with Gasteiger partial charge >= 0.3 is 11.6 Å². The van der Waals surface area contributed by atoms with E-state index in [-0.39, 0.29) is 12.4 Å². The lowest BCUT2D eigenvalue weighted by Gasteiger charge is -1.96. The summed E-state index contributed by atoms with van der Waals surface area (Å²) >= 11 is 0. The Morgan fingerprint density at radius 3 is 2.77 bits per heavy atom. The quantitative estimate of drug-likeness (QED) is 0.691. The van der Waals surface area contributed by atoms with Gasteiger partial charge in [0.25, 0.3) is 0 Å². The van der Waals surface area contributed by atoms with Crippen LogP contribution in [0.15, 0.2) is 9.32 Å². The number of carbonyl (C=O) groups is 1. The number of ether oxygens (including phenoxy) is 1. The second kappa shape index (κ2) is 3.93. The average molecular weight is 185 g/mol. The fourth-order valence-corrected chi connectivity index (χ4v) is 1.02. The lowest BCUT2D eigenvalue weighted by Crippen LogP contribution is -2.08. The third-order valence-corrected chi connectivity index (χ3v) is 1.80. The van der Waals surface area contributed by atoms with E-state index in [2.05, 4.69) is 14.4 Å². The van der Waals surface area contributed by atoms with Gasteiger partial charge in [-0.2, -0.15) is 0 Å². The van der Waals surface area contributed by atoms with Crippen molar-refractivity contribution in [1.82, 2.24) is 5.16 Å². The molecule has 0 atom stereocenters. The monoisotopic (exact) mass is 185 g/mol. The van der Waals surface area contributed by atoms with Gasteiger partial charge in [-0.3, -0.25) is 4.79 Å². The van der Waals surface area contributed by atoms with Gasteiger partial charge < -0.3 is 9.26 Å². The van der Waals surface area contributed by atoms with Gasteiger partial charge in [-0.05, 0) is 13.3 Å². The third kappa shape index (κ3) is 2.21. The first-order valence-electron chi connectivity index (χ1n) is 3.89. The van der Waals surface area contributed by atoms with Crippen LogP contribution in [-0.4, -0.2) is 18.2 Å². The summed E-state index contributed by atoms with van der Waals surface area (Å²) in [5.74, 6) is -0.333. The van der Waals surface area contributed by atoms with Crippen LogP contribution in [0.5, 0.6) is 0 Å². The van der Waals surface area contributed by atoms with Gasteiger partial charge in [-0.15, -0.1) is 0 Å². The standard InChI is InChI=1S/C8H11NO4/c1-5-6(8(11)13-9-5)3-4-7(10)12-2/h9H,3-4H2,1-2H3. The first-order chi connectivity index (χ1) is 6.15. The topological polar surface area (TPSA) is 72.3 Å². The van der Waals surface area contributed by atoms with E-state index in [1.54, 1.807) is 6.92 Å². The van der Waals surface area contributed by atoms with Crippen molar-refractivity contribution in [2.45, 2.75) is 19.8 Å². The zero-order chi connectivity index (χ0) is 9.84. The molecule has 1 aromatic rings. The number of hydrogen-bond donors (Lipinski definition) is 1. The first kappa shape index (κ1) is 9.57. The van der Waals surface area contributed by atoms with Crippen molar-refractivity contribution in [1.29, 1.82) is 0 Å². The van der Waals surface area contributed by atoms with Crippen molar-refractivity contribution >= 4 is 5.97 Å². The van der Waals surface area contributed by atoms with E-state index >= 15 is 0 Å². The van der Waals surface area contributed by atoms with Crippen LogP contribution in [0, 0.1) is 6.92 Å².